The summed E-state index contributed by atoms with van der Waals surface area (Å²) in [6.07, 6.45) is 1.75. The lowest BCUT2D eigenvalue weighted by atomic mass is 10.3. The lowest BCUT2D eigenvalue weighted by Crippen LogP contribution is -2.15. The molecule has 0 saturated heterocycles. The molecule has 2 aromatic rings. The smallest absolute Gasteiger partial charge is 0.359 e. The van der Waals surface area contributed by atoms with E-state index in [4.69, 9.17) is 0 Å². The van der Waals surface area contributed by atoms with E-state index >= 15 is 0 Å². The first-order valence-corrected chi connectivity index (χ1v) is 5.55. The zero-order chi connectivity index (χ0) is 13.3. The Hall–Kier alpha value is -2.08. The van der Waals surface area contributed by atoms with E-state index in [1.807, 2.05) is 6.92 Å². The number of nitrogens with one attached hydrogen (secondary N) is 1. The highest BCUT2D eigenvalue weighted by Crippen LogP contribution is 2.26. The van der Waals surface area contributed by atoms with E-state index in [2.05, 4.69) is 15.0 Å². The third-order valence-corrected chi connectivity index (χ3v) is 2.87. The normalized spacial score (nSPS) is 12.6. The number of carbonyl (C=O) groups excluding carboxylic acids is 1. The Balaban J connectivity index is 2.75. The summed E-state index contributed by atoms with van der Waals surface area (Å²) in [6.45, 7) is 1.92. The molecule has 1 unspecified atom stereocenters. The van der Waals surface area contributed by atoms with Gasteiger partial charge in [0, 0.05) is 6.20 Å². The molecule has 0 amide bonds. The molecule has 6 heteroatoms. The zero-order valence-corrected chi connectivity index (χ0v) is 10.5. The first-order valence-electron chi connectivity index (χ1n) is 5.55. The van der Waals surface area contributed by atoms with Crippen molar-refractivity contribution < 1.29 is 14.6 Å². The minimum absolute atomic E-state index is 0.0000435. The van der Waals surface area contributed by atoms with Crippen LogP contribution in [-0.4, -0.2) is 34.6 Å². The van der Waals surface area contributed by atoms with Gasteiger partial charge in [0.25, 0.3) is 0 Å². The SMILES string of the molecule is CNC(C)c1nc(C(=O)OC)c2c(O)cccn12. The van der Waals surface area contributed by atoms with Crippen LogP contribution in [0, 0.1) is 0 Å². The summed E-state index contributed by atoms with van der Waals surface area (Å²) in [5, 5.41) is 12.9. The van der Waals surface area contributed by atoms with Crippen molar-refractivity contribution in [3.8, 4) is 5.75 Å². The van der Waals surface area contributed by atoms with E-state index in [-0.39, 0.29) is 17.5 Å². The van der Waals surface area contributed by atoms with Gasteiger partial charge in [0.1, 0.15) is 17.1 Å². The fourth-order valence-corrected chi connectivity index (χ4v) is 1.82. The summed E-state index contributed by atoms with van der Waals surface area (Å²) in [5.74, 6) is 0.0762. The Bertz CT molecular complexity index is 592. The molecular formula is C12H15N3O3. The van der Waals surface area contributed by atoms with Crippen molar-refractivity contribution >= 4 is 11.5 Å². The maximum Gasteiger partial charge on any atom is 0.359 e. The van der Waals surface area contributed by atoms with E-state index in [0.717, 1.165) is 0 Å². The van der Waals surface area contributed by atoms with Gasteiger partial charge in [0.05, 0.1) is 13.2 Å². The number of ether oxygens (including phenoxy) is 1. The second-order valence-electron chi connectivity index (χ2n) is 3.93. The lowest BCUT2D eigenvalue weighted by Gasteiger charge is -2.08. The van der Waals surface area contributed by atoms with E-state index < -0.39 is 5.97 Å². The maximum atomic E-state index is 11.7. The van der Waals surface area contributed by atoms with Gasteiger partial charge in [-0.05, 0) is 26.1 Å². The van der Waals surface area contributed by atoms with Crippen LogP contribution in [0.2, 0.25) is 0 Å². The van der Waals surface area contributed by atoms with E-state index in [0.29, 0.717) is 11.3 Å². The van der Waals surface area contributed by atoms with Crippen LogP contribution in [0.5, 0.6) is 5.75 Å². The minimum Gasteiger partial charge on any atom is -0.506 e. The van der Waals surface area contributed by atoms with Crippen LogP contribution in [0.3, 0.4) is 0 Å². The summed E-state index contributed by atoms with van der Waals surface area (Å²) >= 11 is 0. The number of nitrogens with zero attached hydrogens (tertiary/aromatic N) is 2. The predicted molar refractivity (Wildman–Crippen MR) is 65.7 cm³/mol. The monoisotopic (exact) mass is 249 g/mol. The molecule has 0 radical (unpaired) electrons. The highest BCUT2D eigenvalue weighted by Gasteiger charge is 2.22. The molecule has 96 valence electrons. The van der Waals surface area contributed by atoms with Crippen molar-refractivity contribution in [3.63, 3.8) is 0 Å². The summed E-state index contributed by atoms with van der Waals surface area (Å²) in [7, 11) is 3.08. The quantitative estimate of drug-likeness (QED) is 0.797. The standard InChI is InChI=1S/C12H15N3O3/c1-7(13-2)11-14-9(12(17)18-3)10-8(16)5-4-6-15(10)11/h4-7,13,16H,1-3H3. The summed E-state index contributed by atoms with van der Waals surface area (Å²) in [5.41, 5.74) is 0.481. The molecule has 0 fully saturated rings. The van der Waals surface area contributed by atoms with Gasteiger partial charge in [-0.2, -0.15) is 0 Å². The number of fused-ring (bicyclic) bond motifs is 1. The second kappa shape index (κ2) is 4.66. The van der Waals surface area contributed by atoms with Crippen molar-refractivity contribution in [1.82, 2.24) is 14.7 Å². The van der Waals surface area contributed by atoms with E-state index in [9.17, 15) is 9.90 Å². The number of hydrogen-bond acceptors (Lipinski definition) is 5. The molecule has 2 heterocycles. The largest absolute Gasteiger partial charge is 0.506 e. The lowest BCUT2D eigenvalue weighted by molar-refractivity contribution is 0.0596. The second-order valence-corrected chi connectivity index (χ2v) is 3.93. The van der Waals surface area contributed by atoms with Crippen LogP contribution in [0.4, 0.5) is 0 Å². The number of aromatic hydroxyl groups is 1. The molecule has 0 aliphatic rings. The molecule has 2 aromatic heterocycles. The molecular weight excluding hydrogens is 234 g/mol. The summed E-state index contributed by atoms with van der Waals surface area (Å²) in [4.78, 5) is 15.9. The first-order chi connectivity index (χ1) is 8.60. The fraction of sp³-hybridized carbons (Fsp3) is 0.333. The molecule has 0 aliphatic carbocycles. The van der Waals surface area contributed by atoms with Gasteiger partial charge in [-0.3, -0.25) is 4.40 Å². The van der Waals surface area contributed by atoms with E-state index in [1.165, 1.54) is 13.2 Å². The van der Waals surface area contributed by atoms with Crippen molar-refractivity contribution in [2.45, 2.75) is 13.0 Å². The molecule has 0 aromatic carbocycles. The Kier molecular flexibility index (Phi) is 3.20. The number of hydrogen-bond donors (Lipinski definition) is 2. The van der Waals surface area contributed by atoms with E-state index in [1.54, 1.807) is 23.7 Å². The van der Waals surface area contributed by atoms with Crippen LogP contribution in [0.25, 0.3) is 5.52 Å². The number of imidazole rings is 1. The Morgan fingerprint density at radius 2 is 2.33 bits per heavy atom. The maximum absolute atomic E-state index is 11.7. The van der Waals surface area contributed by atoms with Gasteiger partial charge in [-0.25, -0.2) is 9.78 Å². The van der Waals surface area contributed by atoms with Crippen molar-refractivity contribution in [2.75, 3.05) is 14.2 Å². The molecule has 6 nitrogen and oxygen atoms in total. The van der Waals surface area contributed by atoms with Crippen LogP contribution in [0.15, 0.2) is 18.3 Å². The number of aromatic nitrogens is 2. The van der Waals surface area contributed by atoms with Crippen molar-refractivity contribution in [2.24, 2.45) is 0 Å². The minimum atomic E-state index is -0.566. The third-order valence-electron chi connectivity index (χ3n) is 2.87. The van der Waals surface area contributed by atoms with Gasteiger partial charge in [-0.15, -0.1) is 0 Å². The average Bonchev–Trinajstić information content (AvgIpc) is 2.78. The number of pyridine rings is 1. The Morgan fingerprint density at radius 1 is 1.61 bits per heavy atom. The molecule has 0 bridgehead atoms. The molecule has 0 saturated carbocycles. The van der Waals surface area contributed by atoms with Gasteiger partial charge in [0.15, 0.2) is 5.69 Å². The number of methoxy groups -OCH3 is 1. The van der Waals surface area contributed by atoms with Crippen LogP contribution in [-0.2, 0) is 4.74 Å². The van der Waals surface area contributed by atoms with Gasteiger partial charge < -0.3 is 15.2 Å². The molecule has 0 aliphatic heterocycles. The molecule has 0 spiro atoms. The Labute approximate surface area is 104 Å². The van der Waals surface area contributed by atoms with Crippen LogP contribution >= 0.6 is 0 Å². The summed E-state index contributed by atoms with van der Waals surface area (Å²) < 4.78 is 6.36. The zero-order valence-electron chi connectivity index (χ0n) is 10.5. The Morgan fingerprint density at radius 3 is 2.94 bits per heavy atom. The van der Waals surface area contributed by atoms with Gasteiger partial charge >= 0.3 is 5.97 Å². The number of rotatable bonds is 3. The molecule has 1 atom stereocenters. The number of esters is 1. The third kappa shape index (κ3) is 1.80. The van der Waals surface area contributed by atoms with Crippen molar-refractivity contribution in [3.05, 3.63) is 29.8 Å². The van der Waals surface area contributed by atoms with Crippen molar-refractivity contribution in [1.29, 1.82) is 0 Å². The van der Waals surface area contributed by atoms with Crippen LogP contribution in [0.1, 0.15) is 29.3 Å². The highest BCUT2D eigenvalue weighted by atomic mass is 16.5. The van der Waals surface area contributed by atoms with Crippen LogP contribution < -0.4 is 5.32 Å². The highest BCUT2D eigenvalue weighted by molar-refractivity contribution is 5.96. The van der Waals surface area contributed by atoms with Gasteiger partial charge in [-0.1, -0.05) is 0 Å². The molecule has 2 N–H and O–H groups in total. The predicted octanol–water partition coefficient (Wildman–Crippen LogP) is 1.11. The molecule has 18 heavy (non-hydrogen) atoms. The molecule has 2 rings (SSSR count). The summed E-state index contributed by atoms with van der Waals surface area (Å²) in [6, 6.07) is 3.14. The average molecular weight is 249 g/mol. The first kappa shape index (κ1) is 12.4. The fourth-order valence-electron chi connectivity index (χ4n) is 1.82. The van der Waals surface area contributed by atoms with Gasteiger partial charge in [0.2, 0.25) is 0 Å². The topological polar surface area (TPSA) is 75.9 Å². The number of carbonyl (C=O) groups is 1.